The maximum Gasteiger partial charge on any atom is 0.180 e. The van der Waals surface area contributed by atoms with Crippen LogP contribution in [0.25, 0.3) is 0 Å². The lowest BCUT2D eigenvalue weighted by molar-refractivity contribution is 0.368. The quantitative estimate of drug-likeness (QED) is 0.331. The standard InChI is InChI=1S/C28H22NO6Si/c1-30-16-7-5-15(6-8-16)29-18-9-11-20(32-3)24-26(18)36-27-19(29)10-12-21(33-4)25(27)35-23-14-17(31-2)13-22(34-24)28(23)36/h5-14H,1-4H3. The smallest absolute Gasteiger partial charge is 0.180 e. The van der Waals surface area contributed by atoms with Crippen LogP contribution in [0.2, 0.25) is 0 Å². The summed E-state index contributed by atoms with van der Waals surface area (Å²) >= 11 is 0. The summed E-state index contributed by atoms with van der Waals surface area (Å²) in [6.07, 6.45) is 0. The highest BCUT2D eigenvalue weighted by Crippen LogP contribution is 2.50. The van der Waals surface area contributed by atoms with E-state index in [1.54, 1.807) is 28.4 Å². The third-order valence-corrected chi connectivity index (χ3v) is 9.86. The van der Waals surface area contributed by atoms with E-state index >= 15 is 0 Å². The Morgan fingerprint density at radius 3 is 1.58 bits per heavy atom. The Morgan fingerprint density at radius 1 is 0.583 bits per heavy atom. The largest absolute Gasteiger partial charge is 0.497 e. The van der Waals surface area contributed by atoms with E-state index in [1.165, 1.54) is 0 Å². The van der Waals surface area contributed by atoms with Crippen LogP contribution >= 0.6 is 0 Å². The van der Waals surface area contributed by atoms with Crippen LogP contribution < -0.4 is 48.9 Å². The van der Waals surface area contributed by atoms with Crippen molar-refractivity contribution in [2.45, 2.75) is 0 Å². The van der Waals surface area contributed by atoms with Gasteiger partial charge in [-0.2, -0.15) is 0 Å². The SMILES string of the molecule is COc1ccc(N2c3ccc(OC)c4c3[Si]3c5c(cc(OC)cc5Oc5c(OC)ccc2c53)O4)cc1. The normalized spacial score (nSPS) is 13.8. The topological polar surface area (TPSA) is 58.6 Å². The zero-order valence-corrected chi connectivity index (χ0v) is 21.2. The Hall–Kier alpha value is -4.30. The fraction of sp³-hybridized carbons (Fsp3) is 0.143. The molecule has 4 aromatic carbocycles. The van der Waals surface area contributed by atoms with Crippen LogP contribution in [0.5, 0.6) is 46.0 Å². The molecule has 0 N–H and O–H groups in total. The second-order valence-corrected chi connectivity index (χ2v) is 10.8. The van der Waals surface area contributed by atoms with E-state index in [2.05, 4.69) is 29.2 Å². The summed E-state index contributed by atoms with van der Waals surface area (Å²) < 4.78 is 35.6. The van der Waals surface area contributed by atoms with E-state index in [1.807, 2.05) is 36.4 Å². The molecule has 3 aliphatic heterocycles. The first-order chi connectivity index (χ1) is 17.7. The predicted molar refractivity (Wildman–Crippen MR) is 139 cm³/mol. The second kappa shape index (κ2) is 7.60. The highest BCUT2D eigenvalue weighted by molar-refractivity contribution is 7.00. The number of nitrogens with zero attached hydrogens (tertiary/aromatic N) is 1. The Kier molecular flexibility index (Phi) is 4.44. The van der Waals surface area contributed by atoms with Gasteiger partial charge in [0.25, 0.3) is 0 Å². The molecule has 0 spiro atoms. The number of benzene rings is 4. The highest BCUT2D eigenvalue weighted by Gasteiger charge is 2.48. The lowest BCUT2D eigenvalue weighted by Crippen LogP contribution is -2.61. The molecule has 0 bridgehead atoms. The molecule has 0 saturated heterocycles. The summed E-state index contributed by atoms with van der Waals surface area (Å²) in [5.41, 5.74) is 3.12. The van der Waals surface area contributed by atoms with Gasteiger partial charge in [0, 0.05) is 44.8 Å². The first-order valence-corrected chi connectivity index (χ1v) is 13.0. The average molecular weight is 497 g/mol. The van der Waals surface area contributed by atoms with Crippen molar-refractivity contribution >= 4 is 41.4 Å². The van der Waals surface area contributed by atoms with Crippen molar-refractivity contribution in [1.29, 1.82) is 0 Å². The Labute approximate surface area is 209 Å². The molecular weight excluding hydrogens is 474 g/mol. The first-order valence-electron chi connectivity index (χ1n) is 11.5. The van der Waals surface area contributed by atoms with Crippen molar-refractivity contribution in [1.82, 2.24) is 0 Å². The molecule has 0 fully saturated rings. The molecule has 8 heteroatoms. The molecule has 7 rings (SSSR count). The van der Waals surface area contributed by atoms with Crippen LogP contribution in [0.3, 0.4) is 0 Å². The summed E-state index contributed by atoms with van der Waals surface area (Å²) in [6.45, 7) is 0. The van der Waals surface area contributed by atoms with Gasteiger partial charge < -0.3 is 33.3 Å². The van der Waals surface area contributed by atoms with Gasteiger partial charge in [0.15, 0.2) is 31.8 Å². The van der Waals surface area contributed by atoms with Gasteiger partial charge in [0.2, 0.25) is 0 Å². The minimum absolute atomic E-state index is 0.666. The monoisotopic (exact) mass is 496 g/mol. The summed E-state index contributed by atoms with van der Waals surface area (Å²) in [4.78, 5) is 2.25. The molecule has 0 saturated carbocycles. The third-order valence-electron chi connectivity index (χ3n) is 6.90. The third kappa shape index (κ3) is 2.67. The molecule has 3 heterocycles. The highest BCUT2D eigenvalue weighted by atomic mass is 28.3. The molecule has 179 valence electrons. The number of methoxy groups -OCH3 is 4. The van der Waals surface area contributed by atoms with E-state index in [0.717, 1.165) is 61.4 Å². The van der Waals surface area contributed by atoms with Gasteiger partial charge in [0.1, 0.15) is 23.0 Å². The number of anilines is 3. The van der Waals surface area contributed by atoms with E-state index in [4.69, 9.17) is 28.4 Å². The molecule has 36 heavy (non-hydrogen) atoms. The van der Waals surface area contributed by atoms with Crippen LogP contribution in [0.15, 0.2) is 60.7 Å². The van der Waals surface area contributed by atoms with Crippen molar-refractivity contribution in [2.24, 2.45) is 0 Å². The van der Waals surface area contributed by atoms with E-state index in [9.17, 15) is 0 Å². The number of ether oxygens (including phenoxy) is 6. The molecule has 7 nitrogen and oxygen atoms in total. The average Bonchev–Trinajstić information content (AvgIpc) is 2.93. The van der Waals surface area contributed by atoms with Crippen LogP contribution in [0, 0.1) is 0 Å². The summed E-state index contributed by atoms with van der Waals surface area (Å²) in [7, 11) is 5.11. The van der Waals surface area contributed by atoms with Gasteiger partial charge in [-0.25, -0.2) is 0 Å². The number of hydrogen-bond acceptors (Lipinski definition) is 7. The van der Waals surface area contributed by atoms with Crippen molar-refractivity contribution in [3.63, 3.8) is 0 Å². The number of rotatable bonds is 5. The molecule has 0 aromatic heterocycles. The Bertz CT molecular complexity index is 1460. The number of hydrogen-bond donors (Lipinski definition) is 0. The Balaban J connectivity index is 1.58. The summed E-state index contributed by atoms with van der Waals surface area (Å²) in [6, 6.07) is 20.1. The van der Waals surface area contributed by atoms with Crippen molar-refractivity contribution in [3.05, 3.63) is 60.7 Å². The van der Waals surface area contributed by atoms with Gasteiger partial charge in [0.05, 0.1) is 28.4 Å². The molecular formula is C28H22NO6Si. The van der Waals surface area contributed by atoms with Gasteiger partial charge in [-0.3, -0.25) is 0 Å². The molecule has 0 atom stereocenters. The van der Waals surface area contributed by atoms with Crippen LogP contribution in [0.4, 0.5) is 17.1 Å². The zero-order valence-electron chi connectivity index (χ0n) is 20.2. The minimum Gasteiger partial charge on any atom is -0.497 e. The molecule has 0 aliphatic carbocycles. The van der Waals surface area contributed by atoms with Gasteiger partial charge in [-0.15, -0.1) is 0 Å². The molecule has 1 radical (unpaired) electrons. The zero-order chi connectivity index (χ0) is 24.6. The maximum absolute atomic E-state index is 6.55. The minimum atomic E-state index is -1.54. The van der Waals surface area contributed by atoms with Crippen molar-refractivity contribution in [2.75, 3.05) is 33.3 Å². The van der Waals surface area contributed by atoms with Crippen molar-refractivity contribution < 1.29 is 28.4 Å². The van der Waals surface area contributed by atoms with Crippen LogP contribution in [-0.2, 0) is 0 Å². The van der Waals surface area contributed by atoms with Crippen LogP contribution in [0.1, 0.15) is 0 Å². The van der Waals surface area contributed by atoms with Gasteiger partial charge in [-0.05, 0) is 48.5 Å². The fourth-order valence-corrected chi connectivity index (χ4v) is 8.51. The molecule has 0 amide bonds. The first kappa shape index (κ1) is 21.0. The van der Waals surface area contributed by atoms with Crippen molar-refractivity contribution in [3.8, 4) is 46.0 Å². The lowest BCUT2D eigenvalue weighted by atomic mass is 10.1. The molecule has 3 aliphatic rings. The van der Waals surface area contributed by atoms with Crippen LogP contribution in [-0.4, -0.2) is 37.2 Å². The fourth-order valence-electron chi connectivity index (χ4n) is 5.31. The Morgan fingerprint density at radius 2 is 1.11 bits per heavy atom. The molecule has 0 unspecified atom stereocenters. The van der Waals surface area contributed by atoms with Gasteiger partial charge >= 0.3 is 0 Å². The second-order valence-electron chi connectivity index (χ2n) is 8.59. The van der Waals surface area contributed by atoms with E-state index < -0.39 is 8.80 Å². The van der Waals surface area contributed by atoms with E-state index in [-0.39, 0.29) is 0 Å². The predicted octanol–water partition coefficient (Wildman–Crippen LogP) is 4.23. The molecule has 4 aromatic rings. The summed E-state index contributed by atoms with van der Waals surface area (Å²) in [5, 5.41) is 3.32. The summed E-state index contributed by atoms with van der Waals surface area (Å²) in [5.74, 6) is 5.78. The maximum atomic E-state index is 6.55. The van der Waals surface area contributed by atoms with E-state index in [0.29, 0.717) is 17.2 Å². The lowest BCUT2D eigenvalue weighted by Gasteiger charge is -2.43. The van der Waals surface area contributed by atoms with Gasteiger partial charge in [-0.1, -0.05) is 0 Å².